The quantitative estimate of drug-likeness (QED) is 0.826. The Morgan fingerprint density at radius 2 is 1.83 bits per heavy atom. The van der Waals surface area contributed by atoms with Crippen molar-refractivity contribution in [1.29, 1.82) is 0 Å². The Bertz CT molecular complexity index is 624. The molecule has 1 aliphatic carbocycles. The maximum absolute atomic E-state index is 13.1. The van der Waals surface area contributed by atoms with Gasteiger partial charge in [-0.1, -0.05) is 24.6 Å². The van der Waals surface area contributed by atoms with Crippen molar-refractivity contribution in [2.24, 2.45) is 5.92 Å². The van der Waals surface area contributed by atoms with E-state index in [4.69, 9.17) is 21.1 Å². The fourth-order valence-corrected chi connectivity index (χ4v) is 5.83. The van der Waals surface area contributed by atoms with Crippen LogP contribution in [0.3, 0.4) is 0 Å². The van der Waals surface area contributed by atoms with Crippen molar-refractivity contribution in [3.05, 3.63) is 29.8 Å². The van der Waals surface area contributed by atoms with Crippen LogP contribution in [0.5, 0.6) is 0 Å². The molecule has 4 atom stereocenters. The van der Waals surface area contributed by atoms with Gasteiger partial charge >= 0.3 is 0 Å². The molecule has 1 saturated carbocycles. The maximum Gasteiger partial charge on any atom is 0.168 e. The lowest BCUT2D eigenvalue weighted by Gasteiger charge is -2.50. The van der Waals surface area contributed by atoms with Gasteiger partial charge in [-0.15, -0.1) is 11.6 Å². The molecule has 134 valence electrons. The zero-order valence-electron chi connectivity index (χ0n) is 14.4. The summed E-state index contributed by atoms with van der Waals surface area (Å²) in [4.78, 5) is 0.632. The first kappa shape index (κ1) is 18.3. The lowest BCUT2D eigenvalue weighted by Crippen LogP contribution is -2.60. The molecule has 1 spiro atoms. The molecule has 2 aliphatic rings. The smallest absolute Gasteiger partial charge is 0.168 e. The van der Waals surface area contributed by atoms with E-state index in [2.05, 4.69) is 0 Å². The second-order valence-corrected chi connectivity index (χ2v) is 9.94. The molecule has 3 rings (SSSR count). The zero-order chi connectivity index (χ0) is 17.6. The Kier molecular flexibility index (Phi) is 4.86. The number of ether oxygens (including phenoxy) is 2. The highest BCUT2D eigenvalue weighted by Gasteiger charge is 2.59. The molecule has 1 saturated heterocycles. The summed E-state index contributed by atoms with van der Waals surface area (Å²) in [6, 6.07) is 7.44. The van der Waals surface area contributed by atoms with Gasteiger partial charge in [-0.2, -0.15) is 0 Å². The SMILES string of the molecule is Cc1ccc(S(=O)C(C)(Cl)C2(O)CCC3(CC2C)OCCO3)cc1. The summed E-state index contributed by atoms with van der Waals surface area (Å²) in [5.74, 6) is -0.800. The molecule has 1 aromatic carbocycles. The average Bonchev–Trinajstić information content (AvgIpc) is 2.99. The first-order chi connectivity index (χ1) is 11.2. The third kappa shape index (κ3) is 2.95. The van der Waals surface area contributed by atoms with Crippen molar-refractivity contribution in [1.82, 2.24) is 0 Å². The molecular weight excluding hydrogens is 348 g/mol. The molecule has 1 N–H and O–H groups in total. The van der Waals surface area contributed by atoms with Crippen LogP contribution in [-0.4, -0.2) is 38.1 Å². The summed E-state index contributed by atoms with van der Waals surface area (Å²) in [5.41, 5.74) is -0.167. The fraction of sp³-hybridized carbons (Fsp3) is 0.667. The van der Waals surface area contributed by atoms with Crippen LogP contribution in [0.4, 0.5) is 0 Å². The summed E-state index contributed by atoms with van der Waals surface area (Å²) >= 11 is 6.74. The van der Waals surface area contributed by atoms with E-state index in [-0.39, 0.29) is 5.92 Å². The van der Waals surface area contributed by atoms with Gasteiger partial charge in [0, 0.05) is 17.7 Å². The molecule has 4 unspecified atom stereocenters. The van der Waals surface area contributed by atoms with E-state index < -0.39 is 26.4 Å². The lowest BCUT2D eigenvalue weighted by atomic mass is 9.71. The maximum atomic E-state index is 13.1. The molecule has 0 bridgehead atoms. The third-order valence-electron chi connectivity index (χ3n) is 5.49. The van der Waals surface area contributed by atoms with Crippen LogP contribution in [-0.2, 0) is 20.3 Å². The van der Waals surface area contributed by atoms with Gasteiger partial charge in [-0.3, -0.25) is 4.21 Å². The average molecular weight is 373 g/mol. The van der Waals surface area contributed by atoms with Crippen LogP contribution >= 0.6 is 11.6 Å². The molecule has 4 nitrogen and oxygen atoms in total. The summed E-state index contributed by atoms with van der Waals surface area (Å²) in [6.45, 7) is 6.75. The lowest BCUT2D eigenvalue weighted by molar-refractivity contribution is -0.221. The van der Waals surface area contributed by atoms with E-state index in [1.54, 1.807) is 6.92 Å². The van der Waals surface area contributed by atoms with Crippen LogP contribution in [0.25, 0.3) is 0 Å². The molecule has 1 aliphatic heterocycles. The Labute approximate surface area is 150 Å². The van der Waals surface area contributed by atoms with Gasteiger partial charge in [0.1, 0.15) is 4.21 Å². The topological polar surface area (TPSA) is 55.8 Å². The second kappa shape index (κ2) is 6.36. The van der Waals surface area contributed by atoms with Gasteiger partial charge in [0.2, 0.25) is 0 Å². The van der Waals surface area contributed by atoms with Crippen molar-refractivity contribution in [2.45, 2.75) is 60.5 Å². The summed E-state index contributed by atoms with van der Waals surface area (Å²) in [6.07, 6.45) is 1.50. The highest BCUT2D eigenvalue weighted by molar-refractivity contribution is 7.88. The minimum absolute atomic E-state index is 0.193. The number of aryl methyl sites for hydroxylation is 1. The van der Waals surface area contributed by atoms with Gasteiger partial charge in [-0.25, -0.2) is 0 Å². The molecular formula is C18H25ClO4S. The molecule has 1 aromatic rings. The summed E-state index contributed by atoms with van der Waals surface area (Å²) in [5, 5.41) is 11.4. The van der Waals surface area contributed by atoms with Crippen molar-refractivity contribution in [2.75, 3.05) is 13.2 Å². The molecule has 0 radical (unpaired) electrons. The Morgan fingerprint density at radius 3 is 2.38 bits per heavy atom. The fourth-order valence-electron chi connectivity index (χ4n) is 3.83. The molecule has 6 heteroatoms. The largest absolute Gasteiger partial charge is 0.387 e. The first-order valence-electron chi connectivity index (χ1n) is 8.38. The number of aliphatic hydroxyl groups is 1. The normalized spacial score (nSPS) is 33.3. The Balaban J connectivity index is 1.85. The van der Waals surface area contributed by atoms with Gasteiger partial charge in [0.25, 0.3) is 0 Å². The number of hydrogen-bond donors (Lipinski definition) is 1. The van der Waals surface area contributed by atoms with Crippen LogP contribution in [0.1, 0.15) is 38.7 Å². The van der Waals surface area contributed by atoms with E-state index in [1.165, 1.54) is 0 Å². The van der Waals surface area contributed by atoms with Crippen LogP contribution in [0.15, 0.2) is 29.2 Å². The molecule has 1 heterocycles. The van der Waals surface area contributed by atoms with Gasteiger partial charge < -0.3 is 14.6 Å². The van der Waals surface area contributed by atoms with Gasteiger partial charge in [-0.05, 0) is 38.3 Å². The van der Waals surface area contributed by atoms with E-state index in [1.807, 2.05) is 38.1 Å². The van der Waals surface area contributed by atoms with E-state index in [9.17, 15) is 9.32 Å². The van der Waals surface area contributed by atoms with Crippen molar-refractivity contribution >= 4 is 22.4 Å². The third-order valence-corrected chi connectivity index (χ3v) is 7.99. The monoisotopic (exact) mass is 372 g/mol. The number of rotatable bonds is 3. The summed E-state index contributed by atoms with van der Waals surface area (Å²) in [7, 11) is -1.54. The number of benzene rings is 1. The zero-order valence-corrected chi connectivity index (χ0v) is 16.0. The Morgan fingerprint density at radius 1 is 1.25 bits per heavy atom. The molecule has 24 heavy (non-hydrogen) atoms. The van der Waals surface area contributed by atoms with Crippen molar-refractivity contribution in [3.63, 3.8) is 0 Å². The summed E-state index contributed by atoms with van der Waals surface area (Å²) < 4.78 is 23.3. The first-order valence-corrected chi connectivity index (χ1v) is 9.91. The highest BCUT2D eigenvalue weighted by Crippen LogP contribution is 2.51. The van der Waals surface area contributed by atoms with Crippen LogP contribution in [0, 0.1) is 12.8 Å². The van der Waals surface area contributed by atoms with E-state index in [0.717, 1.165) is 5.56 Å². The Hall–Kier alpha value is -0.460. The highest BCUT2D eigenvalue weighted by atomic mass is 35.5. The van der Waals surface area contributed by atoms with Gasteiger partial charge in [0.15, 0.2) is 5.79 Å². The van der Waals surface area contributed by atoms with Crippen LogP contribution < -0.4 is 0 Å². The predicted octanol–water partition coefficient (Wildman–Crippen LogP) is 3.35. The standard InChI is InChI=1S/C18H25ClO4S/c1-13-4-6-15(7-5-13)24(21)16(3,19)18(20)9-8-17(12-14(18)2)22-10-11-23-17/h4-7,14,20H,8-12H2,1-3H3. The molecule has 0 aromatic heterocycles. The van der Waals surface area contributed by atoms with E-state index >= 15 is 0 Å². The van der Waals surface area contributed by atoms with Crippen molar-refractivity contribution < 1.29 is 18.8 Å². The predicted molar refractivity (Wildman–Crippen MR) is 94.4 cm³/mol. The van der Waals surface area contributed by atoms with E-state index in [0.29, 0.717) is 37.4 Å². The van der Waals surface area contributed by atoms with Gasteiger partial charge in [0.05, 0.1) is 29.6 Å². The molecule has 0 amide bonds. The van der Waals surface area contributed by atoms with Crippen LogP contribution in [0.2, 0.25) is 0 Å². The molecule has 2 fully saturated rings. The number of hydrogen-bond acceptors (Lipinski definition) is 4. The minimum Gasteiger partial charge on any atom is -0.387 e. The second-order valence-electron chi connectivity index (χ2n) is 7.14. The number of alkyl halides is 1. The number of halogens is 1. The minimum atomic E-state index is -1.54. The van der Waals surface area contributed by atoms with Crippen molar-refractivity contribution in [3.8, 4) is 0 Å².